The average molecular weight is 292 g/mol. The molecule has 0 unspecified atom stereocenters. The molecule has 2 aromatic carbocycles. The Hall–Kier alpha value is -1.55. The van der Waals surface area contributed by atoms with Crippen molar-refractivity contribution in [1.82, 2.24) is 5.32 Å². The van der Waals surface area contributed by atoms with Crippen molar-refractivity contribution >= 4 is 11.6 Å². The lowest BCUT2D eigenvalue weighted by molar-refractivity contribution is 0.199. The summed E-state index contributed by atoms with van der Waals surface area (Å²) in [6, 6.07) is 15.3. The average Bonchev–Trinajstić information content (AvgIpc) is 2.45. The van der Waals surface area contributed by atoms with Crippen LogP contribution in [-0.4, -0.2) is 20.3 Å². The molecule has 0 atom stereocenters. The van der Waals surface area contributed by atoms with E-state index in [9.17, 15) is 0 Å². The van der Waals surface area contributed by atoms with Gasteiger partial charge >= 0.3 is 0 Å². The molecule has 20 heavy (non-hydrogen) atoms. The Balaban J connectivity index is 2.03. The van der Waals surface area contributed by atoms with Crippen molar-refractivity contribution in [3.63, 3.8) is 0 Å². The van der Waals surface area contributed by atoms with E-state index < -0.39 is 0 Å². The van der Waals surface area contributed by atoms with Crippen LogP contribution in [0.2, 0.25) is 5.02 Å². The van der Waals surface area contributed by atoms with Crippen molar-refractivity contribution < 1.29 is 9.47 Å². The summed E-state index contributed by atoms with van der Waals surface area (Å²) in [5, 5.41) is 3.97. The normalized spacial score (nSPS) is 10.5. The Morgan fingerprint density at radius 3 is 2.75 bits per heavy atom. The zero-order valence-corrected chi connectivity index (χ0v) is 12.2. The first-order valence-electron chi connectivity index (χ1n) is 6.50. The molecule has 0 radical (unpaired) electrons. The fourth-order valence-electron chi connectivity index (χ4n) is 1.80. The lowest BCUT2D eigenvalue weighted by Crippen LogP contribution is -2.18. The van der Waals surface area contributed by atoms with Crippen molar-refractivity contribution in [3.8, 4) is 11.5 Å². The maximum atomic E-state index is 5.96. The van der Waals surface area contributed by atoms with Gasteiger partial charge in [0.15, 0.2) is 0 Å². The molecule has 0 aromatic heterocycles. The lowest BCUT2D eigenvalue weighted by Gasteiger charge is -2.12. The van der Waals surface area contributed by atoms with Crippen LogP contribution in [0.25, 0.3) is 0 Å². The van der Waals surface area contributed by atoms with Crippen LogP contribution in [0.1, 0.15) is 5.56 Å². The molecule has 0 amide bonds. The van der Waals surface area contributed by atoms with Gasteiger partial charge in [0.05, 0.1) is 6.61 Å². The third-order valence-electron chi connectivity index (χ3n) is 2.79. The number of rotatable bonds is 7. The molecule has 0 fully saturated rings. The van der Waals surface area contributed by atoms with Gasteiger partial charge in [-0.1, -0.05) is 35.9 Å². The third kappa shape index (κ3) is 4.53. The van der Waals surface area contributed by atoms with Gasteiger partial charge in [-0.3, -0.25) is 0 Å². The van der Waals surface area contributed by atoms with Gasteiger partial charge in [-0.2, -0.15) is 0 Å². The standard InChI is InChI=1S/C16H18ClNO2/c1-19-10-9-18-12-13-5-2-3-8-16(13)20-15-7-4-6-14(17)11-15/h2-8,11,18H,9-10,12H2,1H3. The Morgan fingerprint density at radius 2 is 1.95 bits per heavy atom. The molecule has 2 rings (SSSR count). The second-order valence-corrected chi connectivity index (χ2v) is 4.77. The third-order valence-corrected chi connectivity index (χ3v) is 3.03. The molecule has 2 aromatic rings. The smallest absolute Gasteiger partial charge is 0.131 e. The van der Waals surface area contributed by atoms with Gasteiger partial charge in [0, 0.05) is 30.8 Å². The number of hydrogen-bond acceptors (Lipinski definition) is 3. The minimum atomic E-state index is 0.665. The highest BCUT2D eigenvalue weighted by atomic mass is 35.5. The van der Waals surface area contributed by atoms with Crippen LogP contribution >= 0.6 is 11.6 Å². The zero-order valence-electron chi connectivity index (χ0n) is 11.4. The summed E-state index contributed by atoms with van der Waals surface area (Å²) in [6.45, 7) is 2.24. The van der Waals surface area contributed by atoms with Crippen LogP contribution in [0.15, 0.2) is 48.5 Å². The first-order chi connectivity index (χ1) is 9.79. The highest BCUT2D eigenvalue weighted by Gasteiger charge is 2.04. The molecule has 0 aliphatic rings. The van der Waals surface area contributed by atoms with E-state index in [1.165, 1.54) is 0 Å². The molecule has 0 saturated heterocycles. The largest absolute Gasteiger partial charge is 0.457 e. The van der Waals surface area contributed by atoms with Crippen LogP contribution < -0.4 is 10.1 Å². The summed E-state index contributed by atoms with van der Waals surface area (Å²) in [4.78, 5) is 0. The molecule has 0 bridgehead atoms. The van der Waals surface area contributed by atoms with Crippen LogP contribution in [-0.2, 0) is 11.3 Å². The monoisotopic (exact) mass is 291 g/mol. The SMILES string of the molecule is COCCNCc1ccccc1Oc1cccc(Cl)c1. The number of halogens is 1. The molecule has 0 spiro atoms. The summed E-state index contributed by atoms with van der Waals surface area (Å²) in [6.07, 6.45) is 0. The highest BCUT2D eigenvalue weighted by Crippen LogP contribution is 2.26. The molecule has 4 heteroatoms. The summed E-state index contributed by atoms with van der Waals surface area (Å²) >= 11 is 5.96. The Morgan fingerprint density at radius 1 is 1.10 bits per heavy atom. The first-order valence-corrected chi connectivity index (χ1v) is 6.88. The molecular formula is C16H18ClNO2. The van der Waals surface area contributed by atoms with E-state index >= 15 is 0 Å². The van der Waals surface area contributed by atoms with E-state index in [2.05, 4.69) is 5.32 Å². The van der Waals surface area contributed by atoms with Crippen LogP contribution in [0.3, 0.4) is 0 Å². The molecule has 1 N–H and O–H groups in total. The number of ether oxygens (including phenoxy) is 2. The Bertz CT molecular complexity index is 546. The molecule has 0 aliphatic carbocycles. The predicted molar refractivity (Wildman–Crippen MR) is 81.6 cm³/mol. The molecule has 106 valence electrons. The fourth-order valence-corrected chi connectivity index (χ4v) is 1.98. The van der Waals surface area contributed by atoms with Gasteiger partial charge in [-0.15, -0.1) is 0 Å². The van der Waals surface area contributed by atoms with Gasteiger partial charge in [0.1, 0.15) is 11.5 Å². The molecule has 0 aliphatic heterocycles. The maximum absolute atomic E-state index is 5.96. The minimum Gasteiger partial charge on any atom is -0.457 e. The summed E-state index contributed by atoms with van der Waals surface area (Å²) in [5.41, 5.74) is 1.10. The molecular weight excluding hydrogens is 274 g/mol. The van der Waals surface area contributed by atoms with Crippen LogP contribution in [0.5, 0.6) is 11.5 Å². The Labute approximate surface area is 124 Å². The van der Waals surface area contributed by atoms with Crippen molar-refractivity contribution in [2.45, 2.75) is 6.54 Å². The minimum absolute atomic E-state index is 0.665. The second-order valence-electron chi connectivity index (χ2n) is 4.34. The lowest BCUT2D eigenvalue weighted by atomic mass is 10.2. The van der Waals surface area contributed by atoms with E-state index in [1.54, 1.807) is 13.2 Å². The van der Waals surface area contributed by atoms with E-state index in [0.717, 1.165) is 30.2 Å². The van der Waals surface area contributed by atoms with Crippen molar-refractivity contribution in [3.05, 3.63) is 59.1 Å². The van der Waals surface area contributed by atoms with E-state index in [4.69, 9.17) is 21.1 Å². The van der Waals surface area contributed by atoms with Crippen molar-refractivity contribution in [2.75, 3.05) is 20.3 Å². The van der Waals surface area contributed by atoms with Crippen molar-refractivity contribution in [1.29, 1.82) is 0 Å². The van der Waals surface area contributed by atoms with Gasteiger partial charge < -0.3 is 14.8 Å². The van der Waals surface area contributed by atoms with E-state index in [1.807, 2.05) is 42.5 Å². The first kappa shape index (κ1) is 14.9. The van der Waals surface area contributed by atoms with Crippen LogP contribution in [0.4, 0.5) is 0 Å². The molecule has 0 saturated carbocycles. The van der Waals surface area contributed by atoms with E-state index in [-0.39, 0.29) is 0 Å². The number of hydrogen-bond donors (Lipinski definition) is 1. The van der Waals surface area contributed by atoms with Gasteiger partial charge in [0.25, 0.3) is 0 Å². The summed E-state index contributed by atoms with van der Waals surface area (Å²) in [7, 11) is 1.69. The fraction of sp³-hybridized carbons (Fsp3) is 0.250. The number of benzene rings is 2. The van der Waals surface area contributed by atoms with Crippen LogP contribution in [0, 0.1) is 0 Å². The summed E-state index contributed by atoms with van der Waals surface area (Å²) < 4.78 is 10.9. The second kappa shape index (κ2) is 7.90. The van der Waals surface area contributed by atoms with Gasteiger partial charge in [-0.25, -0.2) is 0 Å². The number of nitrogens with one attached hydrogen (secondary N) is 1. The number of para-hydroxylation sites is 1. The maximum Gasteiger partial charge on any atom is 0.131 e. The van der Waals surface area contributed by atoms with Gasteiger partial charge in [0.2, 0.25) is 0 Å². The zero-order chi connectivity index (χ0) is 14.2. The Kier molecular flexibility index (Phi) is 5.87. The van der Waals surface area contributed by atoms with Gasteiger partial charge in [-0.05, 0) is 24.3 Å². The molecule has 0 heterocycles. The topological polar surface area (TPSA) is 30.5 Å². The predicted octanol–water partition coefficient (Wildman–Crippen LogP) is 3.87. The quantitative estimate of drug-likeness (QED) is 0.786. The molecule has 3 nitrogen and oxygen atoms in total. The number of methoxy groups -OCH3 is 1. The summed E-state index contributed by atoms with van der Waals surface area (Å²) in [5.74, 6) is 1.57. The van der Waals surface area contributed by atoms with E-state index in [0.29, 0.717) is 11.6 Å². The highest BCUT2D eigenvalue weighted by molar-refractivity contribution is 6.30. The van der Waals surface area contributed by atoms with Crippen molar-refractivity contribution in [2.24, 2.45) is 0 Å².